The minimum atomic E-state index is 0.177. The van der Waals surface area contributed by atoms with Crippen molar-refractivity contribution in [2.24, 2.45) is 0 Å². The van der Waals surface area contributed by atoms with Crippen LogP contribution in [0.5, 0.6) is 0 Å². The number of aromatic nitrogens is 2. The highest BCUT2D eigenvalue weighted by Crippen LogP contribution is 2.23. The van der Waals surface area contributed by atoms with Gasteiger partial charge < -0.3 is 9.80 Å². The number of fused-ring (bicyclic) bond motifs is 1. The predicted octanol–water partition coefficient (Wildman–Crippen LogP) is 1.20. The highest BCUT2D eigenvalue weighted by molar-refractivity contribution is 5.79. The van der Waals surface area contributed by atoms with Crippen molar-refractivity contribution in [2.75, 3.05) is 31.1 Å². The maximum absolute atomic E-state index is 12.7. The molecule has 1 fully saturated rings. The van der Waals surface area contributed by atoms with Crippen LogP contribution in [0.25, 0.3) is 0 Å². The Hall–Kier alpha value is -2.96. The predicted molar refractivity (Wildman–Crippen MR) is 103 cm³/mol. The molecule has 7 heteroatoms. The van der Waals surface area contributed by atoms with Gasteiger partial charge in [0.05, 0.1) is 6.42 Å². The van der Waals surface area contributed by atoms with Crippen molar-refractivity contribution in [1.29, 1.82) is 10.8 Å². The van der Waals surface area contributed by atoms with Gasteiger partial charge in [0.25, 0.3) is 0 Å². The molecule has 4 rings (SSSR count). The summed E-state index contributed by atoms with van der Waals surface area (Å²) in [5.41, 5.74) is 4.14. The van der Waals surface area contributed by atoms with Gasteiger partial charge in [-0.2, -0.15) is 0 Å². The van der Waals surface area contributed by atoms with E-state index in [1.54, 1.807) is 12.1 Å². The van der Waals surface area contributed by atoms with Gasteiger partial charge in [0, 0.05) is 26.2 Å². The minimum Gasteiger partial charge on any atom is -0.352 e. The van der Waals surface area contributed by atoms with E-state index in [1.807, 2.05) is 4.90 Å². The molecule has 2 N–H and O–H groups in total. The lowest BCUT2D eigenvalue weighted by Gasteiger charge is -2.35. The van der Waals surface area contributed by atoms with Gasteiger partial charge in [-0.05, 0) is 48.1 Å². The minimum absolute atomic E-state index is 0.177. The third kappa shape index (κ3) is 3.63. The number of nitrogens with one attached hydrogen (secondary N) is 2. The fourth-order valence-corrected chi connectivity index (χ4v) is 3.90. The van der Waals surface area contributed by atoms with Gasteiger partial charge >= 0.3 is 0 Å². The molecule has 0 atom stereocenters. The number of amides is 1. The van der Waals surface area contributed by atoms with E-state index in [1.165, 1.54) is 28.7 Å². The lowest BCUT2D eigenvalue weighted by Crippen LogP contribution is -2.49. The molecule has 27 heavy (non-hydrogen) atoms. The zero-order chi connectivity index (χ0) is 18.8. The molecular weight excluding hydrogens is 340 g/mol. The summed E-state index contributed by atoms with van der Waals surface area (Å²) in [6, 6.07) is 9.92. The van der Waals surface area contributed by atoms with Crippen LogP contribution < -0.4 is 10.4 Å². The number of aryl methyl sites for hydroxylation is 2. The number of hydrogen-bond acceptors (Lipinski definition) is 5. The van der Waals surface area contributed by atoms with Crippen LogP contribution in [-0.2, 0) is 24.1 Å². The van der Waals surface area contributed by atoms with Gasteiger partial charge in [-0.3, -0.25) is 15.6 Å². The molecule has 1 saturated heterocycles. The Morgan fingerprint density at radius 1 is 1.07 bits per heavy atom. The van der Waals surface area contributed by atoms with Crippen LogP contribution in [0.4, 0.5) is 5.82 Å². The molecule has 1 aromatic heterocycles. The number of nitrogens with zero attached hydrogens (tertiary/aromatic N) is 4. The molecule has 0 radical (unpaired) electrons. The SMILES string of the molecule is N=Cn1nc(N2CCN(C(=O)Cc3ccc4c(c3)CCC4)CC2)ccc1=N. The standard InChI is InChI=1S/C20H24N6O/c21-14-26-18(22)6-7-19(23-26)24-8-10-25(11-9-24)20(27)13-15-4-5-16-2-1-3-17(16)12-15/h4-7,12,14,21-22H,1-3,8-11,13H2. The number of carbonyl (C=O) groups is 1. The molecule has 140 valence electrons. The number of piperazine rings is 1. The topological polar surface area (TPSA) is 89.1 Å². The van der Waals surface area contributed by atoms with Crippen LogP contribution >= 0.6 is 0 Å². The van der Waals surface area contributed by atoms with Crippen LogP contribution in [0.2, 0.25) is 0 Å². The first-order valence-corrected chi connectivity index (χ1v) is 9.42. The van der Waals surface area contributed by atoms with Crippen LogP contribution in [0, 0.1) is 10.8 Å². The van der Waals surface area contributed by atoms with Crippen molar-refractivity contribution in [3.63, 3.8) is 0 Å². The lowest BCUT2D eigenvalue weighted by atomic mass is 10.0. The van der Waals surface area contributed by atoms with Crippen molar-refractivity contribution in [3.05, 3.63) is 52.5 Å². The molecule has 2 heterocycles. The number of rotatable bonds is 4. The average Bonchev–Trinajstić information content (AvgIpc) is 3.16. The van der Waals surface area contributed by atoms with E-state index in [2.05, 4.69) is 28.2 Å². The quantitative estimate of drug-likeness (QED) is 0.631. The van der Waals surface area contributed by atoms with Crippen molar-refractivity contribution < 1.29 is 4.79 Å². The van der Waals surface area contributed by atoms with Crippen molar-refractivity contribution in [2.45, 2.75) is 25.7 Å². The first kappa shape index (κ1) is 17.5. The highest BCUT2D eigenvalue weighted by Gasteiger charge is 2.22. The van der Waals surface area contributed by atoms with E-state index in [4.69, 9.17) is 10.8 Å². The summed E-state index contributed by atoms with van der Waals surface area (Å²) < 4.78 is 1.24. The van der Waals surface area contributed by atoms with Gasteiger partial charge in [-0.15, -0.1) is 5.10 Å². The molecule has 0 unspecified atom stereocenters. The van der Waals surface area contributed by atoms with E-state index in [0.29, 0.717) is 32.6 Å². The molecule has 1 aliphatic heterocycles. The van der Waals surface area contributed by atoms with Crippen LogP contribution in [0.3, 0.4) is 0 Å². The zero-order valence-corrected chi connectivity index (χ0v) is 15.3. The van der Waals surface area contributed by atoms with Crippen LogP contribution in [-0.4, -0.2) is 53.1 Å². The Morgan fingerprint density at radius 3 is 2.63 bits per heavy atom. The van der Waals surface area contributed by atoms with Gasteiger partial charge in [0.15, 0.2) is 0 Å². The van der Waals surface area contributed by atoms with Crippen LogP contribution in [0.15, 0.2) is 30.3 Å². The second kappa shape index (κ2) is 7.34. The third-order valence-electron chi connectivity index (χ3n) is 5.44. The number of hydrogen-bond donors (Lipinski definition) is 2. The monoisotopic (exact) mass is 364 g/mol. The van der Waals surface area contributed by atoms with E-state index in [9.17, 15) is 4.79 Å². The first-order chi connectivity index (χ1) is 13.1. The second-order valence-corrected chi connectivity index (χ2v) is 7.15. The van der Waals surface area contributed by atoms with Gasteiger partial charge in [-0.1, -0.05) is 18.2 Å². The summed E-state index contributed by atoms with van der Waals surface area (Å²) in [6.07, 6.45) is 5.02. The molecular formula is C20H24N6O. The molecule has 2 aromatic rings. The molecule has 0 saturated carbocycles. The third-order valence-corrected chi connectivity index (χ3v) is 5.44. The summed E-state index contributed by atoms with van der Waals surface area (Å²) in [7, 11) is 0. The summed E-state index contributed by atoms with van der Waals surface area (Å²) >= 11 is 0. The summed E-state index contributed by atoms with van der Waals surface area (Å²) in [5.74, 6) is 0.914. The summed E-state index contributed by atoms with van der Waals surface area (Å²) in [6.45, 7) is 2.74. The Morgan fingerprint density at radius 2 is 1.85 bits per heavy atom. The molecule has 0 bridgehead atoms. The average molecular weight is 364 g/mol. The van der Waals surface area contributed by atoms with Crippen molar-refractivity contribution >= 4 is 18.1 Å². The first-order valence-electron chi connectivity index (χ1n) is 9.42. The Labute approximate surface area is 158 Å². The molecule has 2 aliphatic rings. The van der Waals surface area contributed by atoms with Crippen molar-refractivity contribution in [1.82, 2.24) is 14.7 Å². The van der Waals surface area contributed by atoms with E-state index in [-0.39, 0.29) is 11.4 Å². The number of anilines is 1. The zero-order valence-electron chi connectivity index (χ0n) is 15.3. The fraction of sp³-hybridized carbons (Fsp3) is 0.400. The summed E-state index contributed by atoms with van der Waals surface area (Å²) in [4.78, 5) is 16.7. The lowest BCUT2D eigenvalue weighted by molar-refractivity contribution is -0.130. The molecule has 1 aromatic carbocycles. The molecule has 0 spiro atoms. The normalized spacial score (nSPS) is 16.3. The van der Waals surface area contributed by atoms with Gasteiger partial charge in [0.1, 0.15) is 17.6 Å². The van der Waals surface area contributed by atoms with E-state index >= 15 is 0 Å². The van der Waals surface area contributed by atoms with Gasteiger partial charge in [-0.25, -0.2) is 4.68 Å². The highest BCUT2D eigenvalue weighted by atomic mass is 16.2. The second-order valence-electron chi connectivity index (χ2n) is 7.15. The Kier molecular flexibility index (Phi) is 4.75. The van der Waals surface area contributed by atoms with Gasteiger partial charge in [0.2, 0.25) is 5.91 Å². The maximum Gasteiger partial charge on any atom is 0.227 e. The Bertz CT molecular complexity index is 926. The fourth-order valence-electron chi connectivity index (χ4n) is 3.90. The Balaban J connectivity index is 1.36. The smallest absolute Gasteiger partial charge is 0.227 e. The van der Waals surface area contributed by atoms with Crippen LogP contribution in [0.1, 0.15) is 23.1 Å². The molecule has 1 amide bonds. The van der Waals surface area contributed by atoms with E-state index < -0.39 is 0 Å². The number of carbonyl (C=O) groups excluding carboxylic acids is 1. The maximum atomic E-state index is 12.7. The number of benzene rings is 1. The van der Waals surface area contributed by atoms with E-state index in [0.717, 1.165) is 24.1 Å². The molecule has 7 nitrogen and oxygen atoms in total. The van der Waals surface area contributed by atoms with Crippen molar-refractivity contribution in [3.8, 4) is 0 Å². The largest absolute Gasteiger partial charge is 0.352 e. The molecule has 1 aliphatic carbocycles. The summed E-state index contributed by atoms with van der Waals surface area (Å²) in [5, 5.41) is 19.3.